The van der Waals surface area contributed by atoms with E-state index < -0.39 is 18.1 Å². The average molecular weight is 516 g/mol. The molecule has 0 aliphatic carbocycles. The molecule has 0 fully saturated rings. The smallest absolute Gasteiger partial charge is 0.335 e. The summed E-state index contributed by atoms with van der Waals surface area (Å²) in [5.41, 5.74) is -0.121. The van der Waals surface area contributed by atoms with Gasteiger partial charge in [-0.1, -0.05) is 12.1 Å². The summed E-state index contributed by atoms with van der Waals surface area (Å²) < 4.78 is 33.7. The highest BCUT2D eigenvalue weighted by Gasteiger charge is 2.20. The molecule has 0 saturated heterocycles. The van der Waals surface area contributed by atoms with Crippen LogP contribution in [-0.4, -0.2) is 11.1 Å². The summed E-state index contributed by atoms with van der Waals surface area (Å²) in [7, 11) is 0. The van der Waals surface area contributed by atoms with E-state index in [0.717, 1.165) is 6.07 Å². The van der Waals surface area contributed by atoms with Crippen LogP contribution >= 0.6 is 45.2 Å². The molecule has 1 N–H and O–H groups in total. The number of aromatic carboxylic acids is 1. The second kappa shape index (κ2) is 6.86. The zero-order valence-electron chi connectivity index (χ0n) is 10.3. The highest BCUT2D eigenvalue weighted by Crippen LogP contribution is 2.33. The third-order valence-corrected chi connectivity index (χ3v) is 4.22. The number of hydrogen-bond acceptors (Lipinski definition) is 2. The average Bonchev–Trinajstić information content (AvgIpc) is 2.42. The second-order valence-corrected chi connectivity index (χ2v) is 6.35. The molecule has 0 radical (unpaired) electrons. The number of carboxylic acid groups (broad SMARTS) is 1. The van der Waals surface area contributed by atoms with Gasteiger partial charge in [0, 0.05) is 0 Å². The first-order chi connectivity index (χ1) is 9.90. The molecule has 2 aromatic rings. The first-order valence-electron chi connectivity index (χ1n) is 5.67. The Morgan fingerprint density at radius 1 is 1.19 bits per heavy atom. The Labute approximate surface area is 146 Å². The quantitative estimate of drug-likeness (QED) is 0.596. The molecule has 3 nitrogen and oxygen atoms in total. The first-order valence-corrected chi connectivity index (χ1v) is 7.83. The normalized spacial score (nSPS) is 12.0. The van der Waals surface area contributed by atoms with Crippen LogP contribution in [0.4, 0.5) is 8.78 Å². The van der Waals surface area contributed by atoms with Gasteiger partial charge in [-0.3, -0.25) is 0 Å². The van der Waals surface area contributed by atoms with Crippen molar-refractivity contribution in [2.45, 2.75) is 6.36 Å². The van der Waals surface area contributed by atoms with Crippen molar-refractivity contribution in [1.29, 1.82) is 0 Å². The van der Waals surface area contributed by atoms with Gasteiger partial charge in [-0.15, -0.1) is 0 Å². The molecule has 0 saturated carbocycles. The number of hydrogen-bond donors (Lipinski definition) is 1. The van der Waals surface area contributed by atoms with Gasteiger partial charge in [0.05, 0.1) is 18.3 Å². The van der Waals surface area contributed by atoms with Crippen LogP contribution in [0.5, 0.6) is 5.75 Å². The van der Waals surface area contributed by atoms with Crippen molar-refractivity contribution in [3.8, 4) is 5.75 Å². The summed E-state index contributed by atoms with van der Waals surface area (Å²) in [4.78, 5) is 10.9. The molecule has 0 aliphatic heterocycles. The predicted octanol–water partition coefficient (Wildman–Crippen LogP) is 4.78. The molecule has 110 valence electrons. The van der Waals surface area contributed by atoms with E-state index in [1.54, 1.807) is 0 Å². The molecule has 2 aromatic carbocycles. The number of benzene rings is 2. The zero-order valence-corrected chi connectivity index (χ0v) is 14.6. The molecule has 1 atom stereocenters. The number of ether oxygens (including phenoxy) is 1. The predicted molar refractivity (Wildman–Crippen MR) is 89.7 cm³/mol. The fourth-order valence-electron chi connectivity index (χ4n) is 1.62. The van der Waals surface area contributed by atoms with Crippen LogP contribution in [-0.2, 0) is 0 Å². The minimum Gasteiger partial charge on any atom is -0.478 e. The molecule has 1 unspecified atom stereocenters. The van der Waals surface area contributed by atoms with Gasteiger partial charge >= 0.3 is 5.97 Å². The fourth-order valence-corrected chi connectivity index (χ4v) is 3.64. The Morgan fingerprint density at radius 3 is 2.29 bits per heavy atom. The summed E-state index contributed by atoms with van der Waals surface area (Å²) in [6.07, 6.45) is -1.97. The van der Waals surface area contributed by atoms with Crippen LogP contribution < -0.4 is 4.74 Å². The molecule has 0 bridgehead atoms. The maximum atomic E-state index is 14.1. The molecular weight excluding hydrogens is 508 g/mol. The van der Waals surface area contributed by atoms with Gasteiger partial charge in [0.15, 0.2) is 0 Å². The topological polar surface area (TPSA) is 46.5 Å². The van der Waals surface area contributed by atoms with Crippen LogP contribution in [0.2, 0.25) is 0 Å². The van der Waals surface area contributed by atoms with E-state index in [4.69, 9.17) is 9.84 Å². The Morgan fingerprint density at radius 2 is 1.76 bits per heavy atom. The number of carboxylic acids is 1. The molecule has 21 heavy (non-hydrogen) atoms. The molecule has 0 spiro atoms. The number of rotatable bonds is 4. The lowest BCUT2D eigenvalue weighted by molar-refractivity contribution is 0.0618. The largest absolute Gasteiger partial charge is 0.478 e. The minimum atomic E-state index is -1.97. The van der Waals surface area contributed by atoms with E-state index in [9.17, 15) is 13.6 Å². The van der Waals surface area contributed by atoms with Crippen molar-refractivity contribution in [3.05, 3.63) is 60.5 Å². The lowest BCUT2D eigenvalue weighted by Gasteiger charge is -2.15. The monoisotopic (exact) mass is 516 g/mol. The number of halogens is 4. The van der Waals surface area contributed by atoms with Crippen LogP contribution in [0.25, 0.3) is 0 Å². The van der Waals surface area contributed by atoms with Gasteiger partial charge < -0.3 is 9.84 Å². The first kappa shape index (κ1) is 16.4. The fraction of sp³-hybridized carbons (Fsp3) is 0.0714. The van der Waals surface area contributed by atoms with Crippen LogP contribution in [0.1, 0.15) is 22.3 Å². The van der Waals surface area contributed by atoms with Gasteiger partial charge in [0.2, 0.25) is 0 Å². The van der Waals surface area contributed by atoms with Crippen molar-refractivity contribution in [3.63, 3.8) is 0 Å². The lowest BCUT2D eigenvalue weighted by Crippen LogP contribution is -2.07. The Balaban J connectivity index is 2.32. The van der Waals surface area contributed by atoms with E-state index in [-0.39, 0.29) is 16.9 Å². The molecule has 0 aromatic heterocycles. The zero-order chi connectivity index (χ0) is 15.6. The molecule has 7 heteroatoms. The van der Waals surface area contributed by atoms with Gasteiger partial charge in [-0.2, -0.15) is 4.39 Å². The Hall–Kier alpha value is -0.970. The number of carbonyl (C=O) groups is 1. The van der Waals surface area contributed by atoms with E-state index in [2.05, 4.69) is 0 Å². The molecule has 0 heterocycles. The van der Waals surface area contributed by atoms with Crippen molar-refractivity contribution in [1.82, 2.24) is 0 Å². The van der Waals surface area contributed by atoms with Crippen LogP contribution in [0, 0.1) is 13.0 Å². The summed E-state index contributed by atoms with van der Waals surface area (Å²) >= 11 is 3.71. The number of alkyl halides is 1. The van der Waals surface area contributed by atoms with Gasteiger partial charge in [0.1, 0.15) is 11.6 Å². The maximum absolute atomic E-state index is 14.1. The van der Waals surface area contributed by atoms with Crippen molar-refractivity contribution < 1.29 is 23.4 Å². The van der Waals surface area contributed by atoms with E-state index >= 15 is 0 Å². The van der Waals surface area contributed by atoms with E-state index in [0.29, 0.717) is 7.14 Å². The van der Waals surface area contributed by atoms with Crippen LogP contribution in [0.15, 0.2) is 36.4 Å². The van der Waals surface area contributed by atoms with E-state index in [1.165, 1.54) is 30.3 Å². The molecule has 0 aliphatic rings. The summed E-state index contributed by atoms with van der Waals surface area (Å²) in [5, 5.41) is 8.95. The lowest BCUT2D eigenvalue weighted by atomic mass is 10.2. The summed E-state index contributed by atoms with van der Waals surface area (Å²) in [6.45, 7) is 0. The molecular formula is C14H8F2I2O3. The SMILES string of the molecule is O=C(O)c1cc(I)c(OC(F)c2ccccc2F)c(I)c1. The second-order valence-electron chi connectivity index (χ2n) is 4.03. The third-order valence-electron chi connectivity index (χ3n) is 2.62. The summed E-state index contributed by atoms with van der Waals surface area (Å²) in [5.74, 6) is -1.59. The standard InChI is InChI=1S/C14H8F2I2O3/c15-9-4-2-1-3-8(9)13(16)21-12-10(17)5-7(14(19)20)6-11(12)18/h1-6,13H,(H,19,20). The van der Waals surface area contributed by atoms with Crippen molar-refractivity contribution in [2.24, 2.45) is 0 Å². The highest BCUT2D eigenvalue weighted by atomic mass is 127. The molecule has 2 rings (SSSR count). The Bertz CT molecular complexity index is 669. The third kappa shape index (κ3) is 3.82. The minimum absolute atomic E-state index is 0.0810. The maximum Gasteiger partial charge on any atom is 0.335 e. The van der Waals surface area contributed by atoms with Gasteiger partial charge in [-0.25, -0.2) is 9.18 Å². The molecule has 0 amide bonds. The highest BCUT2D eigenvalue weighted by molar-refractivity contribution is 14.1. The Kier molecular flexibility index (Phi) is 5.36. The van der Waals surface area contributed by atoms with Crippen molar-refractivity contribution >= 4 is 51.2 Å². The van der Waals surface area contributed by atoms with Gasteiger partial charge in [-0.05, 0) is 69.4 Å². The van der Waals surface area contributed by atoms with Crippen LogP contribution in [0.3, 0.4) is 0 Å². The summed E-state index contributed by atoms with van der Waals surface area (Å²) in [6, 6.07) is 8.15. The van der Waals surface area contributed by atoms with Gasteiger partial charge in [0.25, 0.3) is 6.36 Å². The van der Waals surface area contributed by atoms with E-state index in [1.807, 2.05) is 45.2 Å². The van der Waals surface area contributed by atoms with Crippen molar-refractivity contribution in [2.75, 3.05) is 0 Å².